The SMILES string of the molecule is Cc1ccc(C(Nc2ccccc2)c2c(C)n(C)c3ccccc23)cc1. The molecule has 1 atom stereocenters. The molecule has 0 radical (unpaired) electrons. The Morgan fingerprint density at radius 1 is 0.769 bits per heavy atom. The zero-order valence-corrected chi connectivity index (χ0v) is 15.5. The Morgan fingerprint density at radius 3 is 2.15 bits per heavy atom. The Balaban J connectivity index is 1.91. The summed E-state index contributed by atoms with van der Waals surface area (Å²) in [5, 5.41) is 5.07. The van der Waals surface area contributed by atoms with Gasteiger partial charge in [0.2, 0.25) is 0 Å². The van der Waals surface area contributed by atoms with Crippen molar-refractivity contribution in [3.05, 3.63) is 101 Å². The second-order valence-corrected chi connectivity index (χ2v) is 6.93. The standard InChI is InChI=1S/C24H24N2/c1-17-13-15-19(16-14-17)24(25-20-9-5-4-6-10-20)23-18(2)26(3)22-12-8-7-11-21(22)23/h4-16,24-25H,1-3H3. The molecular formula is C24H24N2. The minimum atomic E-state index is 0.101. The van der Waals surface area contributed by atoms with Gasteiger partial charge in [0.15, 0.2) is 0 Å². The summed E-state index contributed by atoms with van der Waals surface area (Å²) in [4.78, 5) is 0. The van der Waals surface area contributed by atoms with Gasteiger partial charge in [-0.3, -0.25) is 0 Å². The highest BCUT2D eigenvalue weighted by Crippen LogP contribution is 2.35. The number of aromatic nitrogens is 1. The van der Waals surface area contributed by atoms with Crippen LogP contribution in [0, 0.1) is 13.8 Å². The highest BCUT2D eigenvalue weighted by Gasteiger charge is 2.22. The summed E-state index contributed by atoms with van der Waals surface area (Å²) in [6.07, 6.45) is 0. The zero-order valence-electron chi connectivity index (χ0n) is 15.5. The molecule has 0 aliphatic carbocycles. The lowest BCUT2D eigenvalue weighted by Gasteiger charge is -2.22. The third-order valence-electron chi connectivity index (χ3n) is 5.23. The fraction of sp³-hybridized carbons (Fsp3) is 0.167. The van der Waals surface area contributed by atoms with Crippen molar-refractivity contribution < 1.29 is 0 Å². The van der Waals surface area contributed by atoms with Crippen molar-refractivity contribution >= 4 is 16.6 Å². The molecule has 0 aliphatic rings. The fourth-order valence-corrected chi connectivity index (χ4v) is 3.70. The molecule has 0 fully saturated rings. The summed E-state index contributed by atoms with van der Waals surface area (Å²) in [6.45, 7) is 4.34. The van der Waals surface area contributed by atoms with Gasteiger partial charge in [0, 0.05) is 34.9 Å². The molecule has 0 bridgehead atoms. The Hall–Kier alpha value is -3.00. The first-order chi connectivity index (χ1) is 12.6. The van der Waals surface area contributed by atoms with E-state index in [9.17, 15) is 0 Å². The highest BCUT2D eigenvalue weighted by atomic mass is 15.0. The van der Waals surface area contributed by atoms with E-state index >= 15 is 0 Å². The number of anilines is 1. The third kappa shape index (κ3) is 2.88. The molecule has 130 valence electrons. The van der Waals surface area contributed by atoms with E-state index in [1.54, 1.807) is 0 Å². The van der Waals surface area contributed by atoms with E-state index in [2.05, 4.69) is 110 Å². The second kappa shape index (κ2) is 6.72. The van der Waals surface area contributed by atoms with E-state index < -0.39 is 0 Å². The van der Waals surface area contributed by atoms with Gasteiger partial charge in [-0.2, -0.15) is 0 Å². The van der Waals surface area contributed by atoms with Gasteiger partial charge in [-0.25, -0.2) is 0 Å². The van der Waals surface area contributed by atoms with Gasteiger partial charge in [-0.1, -0.05) is 66.2 Å². The number of nitrogens with one attached hydrogen (secondary N) is 1. The minimum absolute atomic E-state index is 0.101. The van der Waals surface area contributed by atoms with Crippen LogP contribution in [0.5, 0.6) is 0 Å². The molecule has 1 heterocycles. The van der Waals surface area contributed by atoms with E-state index in [1.165, 1.54) is 33.3 Å². The van der Waals surface area contributed by atoms with E-state index in [1.807, 2.05) is 0 Å². The number of benzene rings is 3. The molecule has 26 heavy (non-hydrogen) atoms. The highest BCUT2D eigenvalue weighted by molar-refractivity contribution is 5.87. The molecule has 0 saturated carbocycles. The smallest absolute Gasteiger partial charge is 0.0790 e. The number of hydrogen-bond acceptors (Lipinski definition) is 1. The van der Waals surface area contributed by atoms with Crippen molar-refractivity contribution in [2.45, 2.75) is 19.9 Å². The summed E-state index contributed by atoms with van der Waals surface area (Å²) >= 11 is 0. The van der Waals surface area contributed by atoms with E-state index in [0.29, 0.717) is 0 Å². The summed E-state index contributed by atoms with van der Waals surface area (Å²) in [5.41, 5.74) is 7.59. The molecule has 1 aromatic heterocycles. The molecule has 2 heteroatoms. The Bertz CT molecular complexity index is 1030. The molecule has 4 aromatic rings. The number of hydrogen-bond donors (Lipinski definition) is 1. The van der Waals surface area contributed by atoms with Gasteiger partial charge >= 0.3 is 0 Å². The van der Waals surface area contributed by atoms with Gasteiger partial charge in [0.05, 0.1) is 6.04 Å². The molecule has 1 unspecified atom stereocenters. The van der Waals surface area contributed by atoms with Crippen molar-refractivity contribution in [1.29, 1.82) is 0 Å². The van der Waals surface area contributed by atoms with Crippen LogP contribution >= 0.6 is 0 Å². The molecule has 0 amide bonds. The first-order valence-corrected chi connectivity index (χ1v) is 9.07. The maximum Gasteiger partial charge on any atom is 0.0790 e. The first-order valence-electron chi connectivity index (χ1n) is 9.07. The number of nitrogens with zero attached hydrogens (tertiary/aromatic N) is 1. The largest absolute Gasteiger partial charge is 0.374 e. The lowest BCUT2D eigenvalue weighted by Crippen LogP contribution is -2.13. The molecular weight excluding hydrogens is 316 g/mol. The summed E-state index contributed by atoms with van der Waals surface area (Å²) in [6, 6.07) is 28.1. The van der Waals surface area contributed by atoms with Crippen LogP contribution in [-0.4, -0.2) is 4.57 Å². The zero-order chi connectivity index (χ0) is 18.1. The predicted octanol–water partition coefficient (Wildman–Crippen LogP) is 6.00. The van der Waals surface area contributed by atoms with Crippen molar-refractivity contribution in [2.75, 3.05) is 5.32 Å². The lowest BCUT2D eigenvalue weighted by atomic mass is 9.95. The van der Waals surface area contributed by atoms with Crippen LogP contribution in [0.2, 0.25) is 0 Å². The van der Waals surface area contributed by atoms with Crippen molar-refractivity contribution in [1.82, 2.24) is 4.57 Å². The summed E-state index contributed by atoms with van der Waals surface area (Å²) < 4.78 is 2.29. The molecule has 0 aliphatic heterocycles. The van der Waals surface area contributed by atoms with Crippen LogP contribution in [-0.2, 0) is 7.05 Å². The van der Waals surface area contributed by atoms with Crippen molar-refractivity contribution in [2.24, 2.45) is 7.05 Å². The molecule has 0 saturated heterocycles. The first kappa shape index (κ1) is 16.5. The van der Waals surface area contributed by atoms with Crippen LogP contribution < -0.4 is 5.32 Å². The Labute approximate surface area is 155 Å². The van der Waals surface area contributed by atoms with Gasteiger partial charge in [0.25, 0.3) is 0 Å². The summed E-state index contributed by atoms with van der Waals surface area (Å²) in [5.74, 6) is 0. The van der Waals surface area contributed by atoms with Crippen LogP contribution in [0.4, 0.5) is 5.69 Å². The topological polar surface area (TPSA) is 17.0 Å². The van der Waals surface area contributed by atoms with E-state index in [0.717, 1.165) is 5.69 Å². The minimum Gasteiger partial charge on any atom is -0.374 e. The summed E-state index contributed by atoms with van der Waals surface area (Å²) in [7, 11) is 2.15. The number of rotatable bonds is 4. The molecule has 1 N–H and O–H groups in total. The van der Waals surface area contributed by atoms with Gasteiger partial charge < -0.3 is 9.88 Å². The number of fused-ring (bicyclic) bond motifs is 1. The van der Waals surface area contributed by atoms with Crippen LogP contribution in [0.3, 0.4) is 0 Å². The Kier molecular flexibility index (Phi) is 4.26. The van der Waals surface area contributed by atoms with Gasteiger partial charge in [-0.05, 0) is 37.6 Å². The average Bonchev–Trinajstić information content (AvgIpc) is 2.93. The maximum absolute atomic E-state index is 3.76. The number of para-hydroxylation sites is 2. The molecule has 3 aromatic carbocycles. The quantitative estimate of drug-likeness (QED) is 0.482. The molecule has 0 spiro atoms. The van der Waals surface area contributed by atoms with Crippen molar-refractivity contribution in [3.8, 4) is 0 Å². The van der Waals surface area contributed by atoms with Crippen molar-refractivity contribution in [3.63, 3.8) is 0 Å². The van der Waals surface area contributed by atoms with Crippen LogP contribution in [0.15, 0.2) is 78.9 Å². The molecule has 4 rings (SSSR count). The van der Waals surface area contributed by atoms with Gasteiger partial charge in [0.1, 0.15) is 0 Å². The monoisotopic (exact) mass is 340 g/mol. The molecule has 2 nitrogen and oxygen atoms in total. The van der Waals surface area contributed by atoms with Crippen LogP contribution in [0.1, 0.15) is 28.4 Å². The fourth-order valence-electron chi connectivity index (χ4n) is 3.70. The number of aryl methyl sites for hydroxylation is 2. The second-order valence-electron chi connectivity index (χ2n) is 6.93. The van der Waals surface area contributed by atoms with Gasteiger partial charge in [-0.15, -0.1) is 0 Å². The predicted molar refractivity (Wildman–Crippen MR) is 111 cm³/mol. The maximum atomic E-state index is 3.76. The van der Waals surface area contributed by atoms with E-state index in [-0.39, 0.29) is 6.04 Å². The Morgan fingerprint density at radius 2 is 1.42 bits per heavy atom. The lowest BCUT2D eigenvalue weighted by molar-refractivity contribution is 0.866. The van der Waals surface area contributed by atoms with E-state index in [4.69, 9.17) is 0 Å². The van der Waals surface area contributed by atoms with Crippen LogP contribution in [0.25, 0.3) is 10.9 Å². The average molecular weight is 340 g/mol. The third-order valence-corrected chi connectivity index (χ3v) is 5.23. The normalized spacial score (nSPS) is 12.3.